The SMILES string of the molecule is C=CCCCC(NN)c1c(F)cc(F)cc1F. The highest BCUT2D eigenvalue weighted by molar-refractivity contribution is 5.24. The molecule has 0 spiro atoms. The monoisotopic (exact) mass is 244 g/mol. The highest BCUT2D eigenvalue weighted by Crippen LogP contribution is 2.25. The predicted octanol–water partition coefficient (Wildman–Crippen LogP) is 2.96. The molecule has 0 aromatic heterocycles. The van der Waals surface area contributed by atoms with Gasteiger partial charge in [-0.25, -0.2) is 13.2 Å². The summed E-state index contributed by atoms with van der Waals surface area (Å²) in [7, 11) is 0. The molecule has 94 valence electrons. The third-order valence-electron chi connectivity index (χ3n) is 2.49. The van der Waals surface area contributed by atoms with E-state index < -0.39 is 23.5 Å². The lowest BCUT2D eigenvalue weighted by Crippen LogP contribution is -2.29. The van der Waals surface area contributed by atoms with Crippen molar-refractivity contribution in [3.05, 3.63) is 47.8 Å². The van der Waals surface area contributed by atoms with Crippen LogP contribution in [0, 0.1) is 17.5 Å². The van der Waals surface area contributed by atoms with Crippen LogP contribution in [-0.2, 0) is 0 Å². The van der Waals surface area contributed by atoms with Gasteiger partial charge in [-0.1, -0.05) is 6.08 Å². The Morgan fingerprint density at radius 2 is 1.88 bits per heavy atom. The van der Waals surface area contributed by atoms with E-state index in [1.54, 1.807) is 6.08 Å². The zero-order chi connectivity index (χ0) is 12.8. The number of hydrazine groups is 1. The molecule has 0 amide bonds. The molecule has 0 radical (unpaired) electrons. The maximum absolute atomic E-state index is 13.5. The van der Waals surface area contributed by atoms with Crippen LogP contribution in [0.1, 0.15) is 30.9 Å². The van der Waals surface area contributed by atoms with E-state index in [4.69, 9.17) is 5.84 Å². The van der Waals surface area contributed by atoms with Crippen molar-refractivity contribution >= 4 is 0 Å². The molecular weight excluding hydrogens is 229 g/mol. The summed E-state index contributed by atoms with van der Waals surface area (Å²) < 4.78 is 39.7. The lowest BCUT2D eigenvalue weighted by Gasteiger charge is -2.17. The molecule has 1 atom stereocenters. The van der Waals surface area contributed by atoms with Crippen molar-refractivity contribution in [1.29, 1.82) is 0 Å². The Hall–Kier alpha value is -1.33. The fraction of sp³-hybridized carbons (Fsp3) is 0.333. The van der Waals surface area contributed by atoms with Gasteiger partial charge in [0, 0.05) is 17.7 Å². The summed E-state index contributed by atoms with van der Waals surface area (Å²) in [5.41, 5.74) is 2.12. The molecule has 1 unspecified atom stereocenters. The quantitative estimate of drug-likeness (QED) is 0.349. The number of benzene rings is 1. The molecular formula is C12H15F3N2. The van der Waals surface area contributed by atoms with E-state index in [2.05, 4.69) is 12.0 Å². The summed E-state index contributed by atoms with van der Waals surface area (Å²) in [5, 5.41) is 0. The van der Waals surface area contributed by atoms with Crippen molar-refractivity contribution in [3.63, 3.8) is 0 Å². The third kappa shape index (κ3) is 3.57. The number of nitrogens with two attached hydrogens (primary N) is 1. The lowest BCUT2D eigenvalue weighted by molar-refractivity contribution is 0.439. The summed E-state index contributed by atoms with van der Waals surface area (Å²) in [4.78, 5) is 0. The van der Waals surface area contributed by atoms with E-state index in [1.807, 2.05) is 0 Å². The molecule has 0 aliphatic carbocycles. The number of rotatable bonds is 6. The molecule has 17 heavy (non-hydrogen) atoms. The topological polar surface area (TPSA) is 38.0 Å². The maximum Gasteiger partial charge on any atom is 0.133 e. The Balaban J connectivity index is 2.91. The molecule has 0 bridgehead atoms. The second-order valence-electron chi connectivity index (χ2n) is 3.72. The summed E-state index contributed by atoms with van der Waals surface area (Å²) >= 11 is 0. The molecule has 0 fully saturated rings. The molecule has 0 aliphatic heterocycles. The van der Waals surface area contributed by atoms with Gasteiger partial charge in [-0.15, -0.1) is 6.58 Å². The van der Waals surface area contributed by atoms with Crippen molar-refractivity contribution in [3.8, 4) is 0 Å². The van der Waals surface area contributed by atoms with Gasteiger partial charge >= 0.3 is 0 Å². The zero-order valence-corrected chi connectivity index (χ0v) is 9.35. The maximum atomic E-state index is 13.5. The molecule has 2 nitrogen and oxygen atoms in total. The number of nitrogens with one attached hydrogen (secondary N) is 1. The minimum absolute atomic E-state index is 0.224. The number of allylic oxidation sites excluding steroid dienone is 1. The number of halogens is 3. The van der Waals surface area contributed by atoms with Crippen LogP contribution < -0.4 is 11.3 Å². The van der Waals surface area contributed by atoms with E-state index in [0.29, 0.717) is 25.0 Å². The van der Waals surface area contributed by atoms with Gasteiger partial charge in [0.15, 0.2) is 0 Å². The van der Waals surface area contributed by atoms with E-state index in [-0.39, 0.29) is 5.56 Å². The van der Waals surface area contributed by atoms with Crippen LogP contribution >= 0.6 is 0 Å². The summed E-state index contributed by atoms with van der Waals surface area (Å²) in [6.07, 6.45) is 3.57. The molecule has 0 aliphatic rings. The van der Waals surface area contributed by atoms with Crippen LogP contribution in [0.15, 0.2) is 24.8 Å². The standard InChI is InChI=1S/C12H15F3N2/c1-2-3-4-5-11(17-16)12-9(14)6-8(13)7-10(12)15/h2,6-7,11,17H,1,3-5,16H2. The van der Waals surface area contributed by atoms with Crippen LogP contribution in [0.2, 0.25) is 0 Å². The van der Waals surface area contributed by atoms with Crippen molar-refractivity contribution in [1.82, 2.24) is 5.43 Å². The van der Waals surface area contributed by atoms with Gasteiger partial charge in [0.25, 0.3) is 0 Å². The predicted molar refractivity (Wildman–Crippen MR) is 60.4 cm³/mol. The van der Waals surface area contributed by atoms with Gasteiger partial charge in [-0.05, 0) is 19.3 Å². The Bertz CT molecular complexity index is 370. The average Bonchev–Trinajstić information content (AvgIpc) is 2.25. The van der Waals surface area contributed by atoms with Crippen molar-refractivity contribution in [2.24, 2.45) is 5.84 Å². The number of hydrogen-bond acceptors (Lipinski definition) is 2. The second kappa shape index (κ2) is 6.42. The first-order valence-electron chi connectivity index (χ1n) is 5.31. The molecule has 0 heterocycles. The molecule has 0 saturated carbocycles. The first-order valence-corrected chi connectivity index (χ1v) is 5.31. The van der Waals surface area contributed by atoms with Crippen LogP contribution in [0.3, 0.4) is 0 Å². The van der Waals surface area contributed by atoms with E-state index in [1.165, 1.54) is 0 Å². The third-order valence-corrected chi connectivity index (χ3v) is 2.49. The van der Waals surface area contributed by atoms with Crippen molar-refractivity contribution in [2.75, 3.05) is 0 Å². The van der Waals surface area contributed by atoms with Crippen LogP contribution in [0.4, 0.5) is 13.2 Å². The fourth-order valence-electron chi connectivity index (χ4n) is 1.66. The minimum Gasteiger partial charge on any atom is -0.271 e. The Morgan fingerprint density at radius 3 is 2.35 bits per heavy atom. The Kier molecular flexibility index (Phi) is 5.18. The normalized spacial score (nSPS) is 12.5. The molecule has 0 saturated heterocycles. The number of unbranched alkanes of at least 4 members (excludes halogenated alkanes) is 1. The molecule has 5 heteroatoms. The van der Waals surface area contributed by atoms with Gasteiger partial charge < -0.3 is 0 Å². The van der Waals surface area contributed by atoms with Crippen molar-refractivity contribution < 1.29 is 13.2 Å². The molecule has 1 aromatic carbocycles. The molecule has 1 aromatic rings. The van der Waals surface area contributed by atoms with Gasteiger partial charge in [-0.2, -0.15) is 0 Å². The smallest absolute Gasteiger partial charge is 0.133 e. The van der Waals surface area contributed by atoms with Crippen LogP contribution in [-0.4, -0.2) is 0 Å². The van der Waals surface area contributed by atoms with Gasteiger partial charge in [0.05, 0.1) is 6.04 Å². The van der Waals surface area contributed by atoms with E-state index in [0.717, 1.165) is 6.42 Å². The molecule has 1 rings (SSSR count). The first kappa shape index (κ1) is 13.7. The van der Waals surface area contributed by atoms with E-state index >= 15 is 0 Å². The summed E-state index contributed by atoms with van der Waals surface area (Å²) in [6.45, 7) is 3.55. The Morgan fingerprint density at radius 1 is 1.29 bits per heavy atom. The van der Waals surface area contributed by atoms with Crippen molar-refractivity contribution in [2.45, 2.75) is 25.3 Å². The van der Waals surface area contributed by atoms with Gasteiger partial charge in [0.1, 0.15) is 17.5 Å². The summed E-state index contributed by atoms with van der Waals surface area (Å²) in [6, 6.07) is 0.627. The lowest BCUT2D eigenvalue weighted by atomic mass is 10.0. The Labute approximate surface area is 98.3 Å². The zero-order valence-electron chi connectivity index (χ0n) is 9.35. The highest BCUT2D eigenvalue weighted by atomic mass is 19.1. The largest absolute Gasteiger partial charge is 0.271 e. The average molecular weight is 244 g/mol. The van der Waals surface area contributed by atoms with E-state index in [9.17, 15) is 13.2 Å². The first-order chi connectivity index (χ1) is 8.10. The van der Waals surface area contributed by atoms with Crippen LogP contribution in [0.5, 0.6) is 0 Å². The molecule has 3 N–H and O–H groups in total. The summed E-state index contributed by atoms with van der Waals surface area (Å²) in [5.74, 6) is 2.47. The van der Waals surface area contributed by atoms with Crippen LogP contribution in [0.25, 0.3) is 0 Å². The van der Waals surface area contributed by atoms with Gasteiger partial charge in [0.2, 0.25) is 0 Å². The second-order valence-corrected chi connectivity index (χ2v) is 3.72. The fourth-order valence-corrected chi connectivity index (χ4v) is 1.66. The van der Waals surface area contributed by atoms with Gasteiger partial charge in [-0.3, -0.25) is 11.3 Å². The minimum atomic E-state index is -0.939. The number of hydrogen-bond donors (Lipinski definition) is 2. The highest BCUT2D eigenvalue weighted by Gasteiger charge is 2.19.